The highest BCUT2D eigenvalue weighted by molar-refractivity contribution is 5.96. The van der Waals surface area contributed by atoms with E-state index in [0.717, 1.165) is 5.57 Å². The van der Waals surface area contributed by atoms with Crippen LogP contribution in [-0.4, -0.2) is 11.8 Å². The van der Waals surface area contributed by atoms with Gasteiger partial charge in [-0.15, -0.1) is 0 Å². The van der Waals surface area contributed by atoms with Crippen LogP contribution in [0.1, 0.15) is 13.8 Å². The van der Waals surface area contributed by atoms with Gasteiger partial charge in [0.15, 0.2) is 5.78 Å². The SMILES string of the molecule is CC(=O)C1=CC2NC(C)=CC2C=C1. The second-order valence-corrected chi connectivity index (χ2v) is 3.63. The molecule has 0 spiro atoms. The van der Waals surface area contributed by atoms with Crippen LogP contribution in [0.4, 0.5) is 0 Å². The van der Waals surface area contributed by atoms with Gasteiger partial charge in [-0.3, -0.25) is 4.79 Å². The number of carbonyl (C=O) groups excluding carboxylic acids is 1. The zero-order chi connectivity index (χ0) is 9.42. The molecule has 2 unspecified atom stereocenters. The van der Waals surface area contributed by atoms with E-state index in [1.165, 1.54) is 5.70 Å². The molecule has 1 N–H and O–H groups in total. The third-order valence-corrected chi connectivity index (χ3v) is 2.52. The molecule has 68 valence electrons. The summed E-state index contributed by atoms with van der Waals surface area (Å²) in [5.74, 6) is 0.573. The second-order valence-electron chi connectivity index (χ2n) is 3.63. The van der Waals surface area contributed by atoms with Crippen molar-refractivity contribution in [2.45, 2.75) is 19.9 Å². The molecule has 0 aromatic heterocycles. The molecule has 1 aliphatic carbocycles. The van der Waals surface area contributed by atoms with Crippen molar-refractivity contribution >= 4 is 5.78 Å². The van der Waals surface area contributed by atoms with Crippen molar-refractivity contribution in [3.63, 3.8) is 0 Å². The number of nitrogens with one attached hydrogen (secondary N) is 1. The van der Waals surface area contributed by atoms with E-state index in [4.69, 9.17) is 0 Å². The van der Waals surface area contributed by atoms with Gasteiger partial charge in [0, 0.05) is 17.2 Å². The number of hydrogen-bond acceptors (Lipinski definition) is 2. The van der Waals surface area contributed by atoms with Crippen LogP contribution >= 0.6 is 0 Å². The van der Waals surface area contributed by atoms with Crippen molar-refractivity contribution < 1.29 is 4.79 Å². The Kier molecular flexibility index (Phi) is 1.83. The van der Waals surface area contributed by atoms with Crippen molar-refractivity contribution in [1.82, 2.24) is 5.32 Å². The van der Waals surface area contributed by atoms with Crippen LogP contribution in [0, 0.1) is 5.92 Å². The summed E-state index contributed by atoms with van der Waals surface area (Å²) < 4.78 is 0. The molecule has 2 atom stereocenters. The summed E-state index contributed by atoms with van der Waals surface area (Å²) in [6.45, 7) is 3.65. The van der Waals surface area contributed by atoms with Gasteiger partial charge in [0.25, 0.3) is 0 Å². The van der Waals surface area contributed by atoms with Gasteiger partial charge in [-0.25, -0.2) is 0 Å². The normalized spacial score (nSPS) is 30.3. The summed E-state index contributed by atoms with van der Waals surface area (Å²) >= 11 is 0. The maximum Gasteiger partial charge on any atom is 0.159 e. The summed E-state index contributed by atoms with van der Waals surface area (Å²) in [7, 11) is 0. The van der Waals surface area contributed by atoms with Gasteiger partial charge in [0.1, 0.15) is 0 Å². The first-order valence-electron chi connectivity index (χ1n) is 4.53. The van der Waals surface area contributed by atoms with Gasteiger partial charge in [0.2, 0.25) is 0 Å². The van der Waals surface area contributed by atoms with Crippen LogP contribution in [0.15, 0.2) is 35.6 Å². The molecule has 2 heteroatoms. The van der Waals surface area contributed by atoms with E-state index in [1.807, 2.05) is 19.1 Å². The molecule has 0 bridgehead atoms. The molecule has 0 radical (unpaired) electrons. The van der Waals surface area contributed by atoms with Crippen LogP contribution < -0.4 is 5.32 Å². The van der Waals surface area contributed by atoms with Gasteiger partial charge in [-0.05, 0) is 13.8 Å². The molecule has 2 aliphatic rings. The molecule has 2 rings (SSSR count). The number of carbonyl (C=O) groups is 1. The minimum Gasteiger partial charge on any atom is -0.382 e. The van der Waals surface area contributed by atoms with Crippen LogP contribution in [0.3, 0.4) is 0 Å². The minimum absolute atomic E-state index is 0.140. The monoisotopic (exact) mass is 175 g/mol. The quantitative estimate of drug-likeness (QED) is 0.655. The fourth-order valence-electron chi connectivity index (χ4n) is 1.83. The third-order valence-electron chi connectivity index (χ3n) is 2.52. The molecule has 0 saturated carbocycles. The molecule has 1 aliphatic heterocycles. The zero-order valence-corrected chi connectivity index (χ0v) is 7.87. The lowest BCUT2D eigenvalue weighted by Gasteiger charge is -2.18. The molecular weight excluding hydrogens is 162 g/mol. The molecule has 0 aromatic carbocycles. The van der Waals surface area contributed by atoms with Gasteiger partial charge in [-0.1, -0.05) is 24.3 Å². The fraction of sp³-hybridized carbons (Fsp3) is 0.364. The largest absolute Gasteiger partial charge is 0.382 e. The van der Waals surface area contributed by atoms with Crippen LogP contribution in [0.25, 0.3) is 0 Å². The van der Waals surface area contributed by atoms with Crippen LogP contribution in [0.2, 0.25) is 0 Å². The molecule has 13 heavy (non-hydrogen) atoms. The number of allylic oxidation sites excluding steroid dienone is 3. The predicted octanol–water partition coefficient (Wildman–Crippen LogP) is 1.56. The number of rotatable bonds is 1. The van der Waals surface area contributed by atoms with Crippen molar-refractivity contribution in [2.75, 3.05) is 0 Å². The number of fused-ring (bicyclic) bond motifs is 1. The maximum atomic E-state index is 11.1. The van der Waals surface area contributed by atoms with Gasteiger partial charge in [0.05, 0.1) is 6.04 Å². The highest BCUT2D eigenvalue weighted by Gasteiger charge is 2.24. The molecule has 0 saturated heterocycles. The summed E-state index contributed by atoms with van der Waals surface area (Å²) in [6, 6.07) is 0.295. The Bertz CT molecular complexity index is 336. The summed E-state index contributed by atoms with van der Waals surface area (Å²) in [4.78, 5) is 11.1. The first kappa shape index (κ1) is 8.30. The first-order valence-corrected chi connectivity index (χ1v) is 4.53. The van der Waals surface area contributed by atoms with E-state index >= 15 is 0 Å². The average Bonchev–Trinajstić information content (AvgIpc) is 2.42. The van der Waals surface area contributed by atoms with E-state index < -0.39 is 0 Å². The van der Waals surface area contributed by atoms with E-state index in [0.29, 0.717) is 12.0 Å². The average molecular weight is 175 g/mol. The van der Waals surface area contributed by atoms with Gasteiger partial charge < -0.3 is 5.32 Å². The molecule has 1 heterocycles. The summed E-state index contributed by atoms with van der Waals surface area (Å²) in [6.07, 6.45) is 8.21. The lowest BCUT2D eigenvalue weighted by Crippen LogP contribution is -2.27. The number of ketones is 1. The van der Waals surface area contributed by atoms with E-state index in [-0.39, 0.29) is 5.78 Å². The predicted molar refractivity (Wildman–Crippen MR) is 52.1 cm³/mol. The highest BCUT2D eigenvalue weighted by atomic mass is 16.1. The number of hydrogen-bond donors (Lipinski definition) is 1. The molecule has 0 amide bonds. The van der Waals surface area contributed by atoms with E-state index in [2.05, 4.69) is 17.5 Å². The second kappa shape index (κ2) is 2.87. The van der Waals surface area contributed by atoms with Crippen molar-refractivity contribution in [3.8, 4) is 0 Å². The lowest BCUT2D eigenvalue weighted by atomic mass is 9.92. The highest BCUT2D eigenvalue weighted by Crippen LogP contribution is 2.24. The minimum atomic E-state index is 0.140. The Morgan fingerprint density at radius 2 is 2.23 bits per heavy atom. The van der Waals surface area contributed by atoms with Gasteiger partial charge in [-0.2, -0.15) is 0 Å². The number of Topliss-reactive ketones (excluding diaryl/α,β-unsaturated/α-hetero) is 1. The Hall–Kier alpha value is -1.31. The molecule has 2 nitrogen and oxygen atoms in total. The van der Waals surface area contributed by atoms with Gasteiger partial charge >= 0.3 is 0 Å². The smallest absolute Gasteiger partial charge is 0.159 e. The maximum absolute atomic E-state index is 11.1. The molecular formula is C11H13NO. The molecule has 0 aromatic rings. The molecule has 0 fully saturated rings. The Morgan fingerprint density at radius 1 is 1.46 bits per heavy atom. The van der Waals surface area contributed by atoms with E-state index in [9.17, 15) is 4.79 Å². The zero-order valence-electron chi connectivity index (χ0n) is 7.87. The van der Waals surface area contributed by atoms with Crippen molar-refractivity contribution in [1.29, 1.82) is 0 Å². The Labute approximate surface area is 78.0 Å². The van der Waals surface area contributed by atoms with Crippen LogP contribution in [-0.2, 0) is 4.79 Å². The Balaban J connectivity index is 2.23. The van der Waals surface area contributed by atoms with Crippen molar-refractivity contribution in [2.24, 2.45) is 5.92 Å². The third kappa shape index (κ3) is 1.44. The fourth-order valence-corrected chi connectivity index (χ4v) is 1.83. The standard InChI is InChI=1S/C11H13NO/c1-7-5-10-4-3-9(8(2)13)6-11(10)12-7/h3-6,10-12H,1-2H3. The summed E-state index contributed by atoms with van der Waals surface area (Å²) in [5, 5.41) is 3.32. The first-order chi connectivity index (χ1) is 6.16. The lowest BCUT2D eigenvalue weighted by molar-refractivity contribution is -0.113. The van der Waals surface area contributed by atoms with E-state index in [1.54, 1.807) is 6.92 Å². The Morgan fingerprint density at radius 3 is 2.92 bits per heavy atom. The summed E-state index contributed by atoms with van der Waals surface area (Å²) in [5.41, 5.74) is 2.01. The topological polar surface area (TPSA) is 29.1 Å². The van der Waals surface area contributed by atoms with Crippen molar-refractivity contribution in [3.05, 3.63) is 35.6 Å². The van der Waals surface area contributed by atoms with Crippen LogP contribution in [0.5, 0.6) is 0 Å².